The van der Waals surface area contributed by atoms with E-state index in [0.717, 1.165) is 57.4 Å². The molecule has 3 aliphatic heterocycles. The first-order chi connectivity index (χ1) is 13.8. The van der Waals surface area contributed by atoms with Gasteiger partial charge < -0.3 is 9.88 Å². The van der Waals surface area contributed by atoms with Crippen LogP contribution in [0.3, 0.4) is 0 Å². The molecule has 1 aromatic carbocycles. The van der Waals surface area contributed by atoms with E-state index in [1.54, 1.807) is 6.33 Å². The van der Waals surface area contributed by atoms with Crippen molar-refractivity contribution in [3.8, 4) is 0 Å². The summed E-state index contributed by atoms with van der Waals surface area (Å²) in [5.74, 6) is 0.415. The number of aromatic amines is 1. The van der Waals surface area contributed by atoms with E-state index < -0.39 is 0 Å². The lowest BCUT2D eigenvalue weighted by molar-refractivity contribution is -0.145. The third kappa shape index (κ3) is 3.06. The highest BCUT2D eigenvalue weighted by atomic mass is 16.2. The van der Waals surface area contributed by atoms with Crippen LogP contribution >= 0.6 is 0 Å². The van der Waals surface area contributed by atoms with Gasteiger partial charge in [0.1, 0.15) is 0 Å². The van der Waals surface area contributed by atoms with Gasteiger partial charge in [-0.05, 0) is 50.5 Å². The van der Waals surface area contributed by atoms with Gasteiger partial charge in [-0.1, -0.05) is 30.3 Å². The van der Waals surface area contributed by atoms with Gasteiger partial charge in [-0.2, -0.15) is 0 Å². The van der Waals surface area contributed by atoms with Gasteiger partial charge in [0, 0.05) is 43.6 Å². The van der Waals surface area contributed by atoms with Crippen LogP contribution in [0.5, 0.6) is 0 Å². The third-order valence-corrected chi connectivity index (χ3v) is 7.22. The Morgan fingerprint density at radius 3 is 2.71 bits per heavy atom. The molecule has 2 aromatic rings. The first-order valence-corrected chi connectivity index (χ1v) is 10.8. The summed E-state index contributed by atoms with van der Waals surface area (Å²) in [5, 5.41) is 0. The van der Waals surface area contributed by atoms with E-state index in [1.807, 2.05) is 6.20 Å². The number of H-pyrrole nitrogens is 1. The zero-order valence-corrected chi connectivity index (χ0v) is 16.5. The largest absolute Gasteiger partial charge is 0.347 e. The summed E-state index contributed by atoms with van der Waals surface area (Å²) in [6.45, 7) is 2.75. The van der Waals surface area contributed by atoms with Crippen molar-refractivity contribution in [2.75, 3.05) is 13.1 Å². The third-order valence-electron chi connectivity index (χ3n) is 7.22. The fraction of sp³-hybridized carbons (Fsp3) is 0.565. The number of fused-ring (bicyclic) bond motifs is 2. The number of rotatable bonds is 5. The number of hydrogen-bond donors (Lipinski definition) is 1. The second kappa shape index (κ2) is 7.36. The van der Waals surface area contributed by atoms with E-state index >= 15 is 0 Å². The van der Waals surface area contributed by atoms with Crippen molar-refractivity contribution in [3.05, 3.63) is 54.1 Å². The van der Waals surface area contributed by atoms with Crippen LogP contribution in [0.4, 0.5) is 0 Å². The monoisotopic (exact) mass is 378 g/mol. The molecule has 1 amide bonds. The number of nitrogens with zero attached hydrogens (tertiary/aromatic N) is 3. The van der Waals surface area contributed by atoms with Crippen LogP contribution in [0.2, 0.25) is 0 Å². The van der Waals surface area contributed by atoms with Crippen molar-refractivity contribution in [1.82, 2.24) is 19.8 Å². The number of piperidine rings is 1. The molecule has 148 valence electrons. The highest BCUT2D eigenvalue weighted by Crippen LogP contribution is 2.53. The second-order valence-corrected chi connectivity index (χ2v) is 8.87. The quantitative estimate of drug-likeness (QED) is 0.868. The lowest BCUT2D eigenvalue weighted by atomic mass is 9.68. The number of aromatic nitrogens is 2. The normalized spacial score (nSPS) is 30.1. The number of carbonyl (C=O) groups excluding carboxylic acids is 1. The minimum atomic E-state index is -0.276. The maximum Gasteiger partial charge on any atom is 0.230 e. The van der Waals surface area contributed by atoms with Gasteiger partial charge >= 0.3 is 0 Å². The van der Waals surface area contributed by atoms with Crippen LogP contribution in [-0.4, -0.2) is 50.8 Å². The molecule has 0 unspecified atom stereocenters. The van der Waals surface area contributed by atoms with Gasteiger partial charge in [0.05, 0.1) is 11.7 Å². The Hall–Kier alpha value is -2.14. The SMILES string of the molecule is O=C(N1CCCCC1)[C@]1(Cc2ccccc2)C[C@@H]2CC[C@H]1N2Cc1cnc[nH]1. The molecule has 2 bridgehead atoms. The molecular weight excluding hydrogens is 348 g/mol. The topological polar surface area (TPSA) is 52.2 Å². The van der Waals surface area contributed by atoms with E-state index in [1.165, 1.54) is 18.4 Å². The lowest BCUT2D eigenvalue weighted by Crippen LogP contribution is -2.53. The van der Waals surface area contributed by atoms with Crippen molar-refractivity contribution >= 4 is 5.91 Å². The molecule has 4 heterocycles. The number of likely N-dealkylation sites (tertiary alicyclic amines) is 1. The molecule has 0 radical (unpaired) electrons. The average molecular weight is 379 g/mol. The van der Waals surface area contributed by atoms with E-state index in [0.29, 0.717) is 18.0 Å². The number of imidazole rings is 1. The van der Waals surface area contributed by atoms with Crippen molar-refractivity contribution in [2.24, 2.45) is 5.41 Å². The molecule has 3 aliphatic rings. The van der Waals surface area contributed by atoms with E-state index in [4.69, 9.17) is 0 Å². The van der Waals surface area contributed by atoms with Crippen molar-refractivity contribution in [2.45, 2.75) is 63.6 Å². The zero-order chi connectivity index (χ0) is 19.0. The molecule has 3 fully saturated rings. The Kier molecular flexibility index (Phi) is 4.71. The van der Waals surface area contributed by atoms with Gasteiger partial charge in [0.15, 0.2) is 0 Å². The Labute approximate surface area is 167 Å². The summed E-state index contributed by atoms with van der Waals surface area (Å²) < 4.78 is 0. The summed E-state index contributed by atoms with van der Waals surface area (Å²) in [5.41, 5.74) is 2.17. The first kappa shape index (κ1) is 17.9. The predicted octanol–water partition coefficient (Wildman–Crippen LogP) is 3.39. The van der Waals surface area contributed by atoms with Gasteiger partial charge in [-0.3, -0.25) is 9.69 Å². The number of amides is 1. The summed E-state index contributed by atoms with van der Waals surface area (Å²) >= 11 is 0. The molecule has 3 atom stereocenters. The smallest absolute Gasteiger partial charge is 0.230 e. The van der Waals surface area contributed by atoms with Gasteiger partial charge in [-0.15, -0.1) is 0 Å². The van der Waals surface area contributed by atoms with Gasteiger partial charge in [0.25, 0.3) is 0 Å². The summed E-state index contributed by atoms with van der Waals surface area (Å²) in [6, 6.07) is 11.5. The van der Waals surface area contributed by atoms with Crippen molar-refractivity contribution in [3.63, 3.8) is 0 Å². The summed E-state index contributed by atoms with van der Waals surface area (Å²) in [7, 11) is 0. The predicted molar refractivity (Wildman–Crippen MR) is 109 cm³/mol. The molecule has 5 rings (SSSR count). The summed E-state index contributed by atoms with van der Waals surface area (Å²) in [4.78, 5) is 26.2. The van der Waals surface area contributed by atoms with Crippen LogP contribution in [0.1, 0.15) is 49.8 Å². The Morgan fingerprint density at radius 1 is 1.14 bits per heavy atom. The average Bonchev–Trinajstić information content (AvgIpc) is 3.46. The molecule has 28 heavy (non-hydrogen) atoms. The van der Waals surface area contributed by atoms with Crippen LogP contribution in [0, 0.1) is 5.41 Å². The highest BCUT2D eigenvalue weighted by molar-refractivity contribution is 5.85. The summed E-state index contributed by atoms with van der Waals surface area (Å²) in [6.07, 6.45) is 11.4. The maximum atomic E-state index is 13.9. The lowest BCUT2D eigenvalue weighted by Gasteiger charge is -2.41. The molecular formula is C23H30N4O. The molecule has 0 aliphatic carbocycles. The number of hydrogen-bond acceptors (Lipinski definition) is 3. The molecule has 3 saturated heterocycles. The zero-order valence-electron chi connectivity index (χ0n) is 16.5. The Balaban J connectivity index is 1.47. The molecule has 1 N–H and O–H groups in total. The van der Waals surface area contributed by atoms with Crippen LogP contribution in [0.15, 0.2) is 42.9 Å². The van der Waals surface area contributed by atoms with E-state index in [-0.39, 0.29) is 5.41 Å². The van der Waals surface area contributed by atoms with Crippen LogP contribution < -0.4 is 0 Å². The molecule has 5 nitrogen and oxygen atoms in total. The van der Waals surface area contributed by atoms with Crippen LogP contribution in [0.25, 0.3) is 0 Å². The standard InChI is InChI=1S/C23H30N4O/c28-22(26-11-5-2-6-12-26)23(13-18-7-3-1-4-8-18)14-20-9-10-21(23)27(20)16-19-15-24-17-25-19/h1,3-4,7-8,15,17,20-21H,2,5-6,9-14,16H2,(H,24,25)/t20-,21+,23+/m0/s1. The van der Waals surface area contributed by atoms with Crippen molar-refractivity contribution < 1.29 is 4.79 Å². The van der Waals surface area contributed by atoms with E-state index in [2.05, 4.69) is 50.1 Å². The van der Waals surface area contributed by atoms with Crippen LogP contribution in [-0.2, 0) is 17.8 Å². The highest BCUT2D eigenvalue weighted by Gasteiger charge is 2.60. The first-order valence-electron chi connectivity index (χ1n) is 10.8. The Morgan fingerprint density at radius 2 is 1.96 bits per heavy atom. The number of nitrogens with one attached hydrogen (secondary N) is 1. The fourth-order valence-corrected chi connectivity index (χ4v) is 5.98. The number of carbonyl (C=O) groups is 1. The molecule has 1 aromatic heterocycles. The van der Waals surface area contributed by atoms with Gasteiger partial charge in [0.2, 0.25) is 5.91 Å². The van der Waals surface area contributed by atoms with Crippen molar-refractivity contribution in [1.29, 1.82) is 0 Å². The minimum Gasteiger partial charge on any atom is -0.347 e. The number of benzene rings is 1. The maximum absolute atomic E-state index is 13.9. The fourth-order valence-electron chi connectivity index (χ4n) is 5.98. The Bertz CT molecular complexity index is 799. The second-order valence-electron chi connectivity index (χ2n) is 8.87. The minimum absolute atomic E-state index is 0.276. The molecule has 5 heteroatoms. The van der Waals surface area contributed by atoms with Gasteiger partial charge in [-0.25, -0.2) is 4.98 Å². The van der Waals surface area contributed by atoms with E-state index in [9.17, 15) is 4.79 Å². The molecule has 0 spiro atoms. The molecule has 0 saturated carbocycles.